The maximum atomic E-state index is 12.8. The molecule has 0 bridgehead atoms. The number of ether oxygens (including phenoxy) is 3. The minimum atomic E-state index is -1.13. The highest BCUT2D eigenvalue weighted by Gasteiger charge is 2.25. The van der Waals surface area contributed by atoms with Crippen LogP contribution in [-0.2, 0) is 28.6 Å². The number of carboxylic acids is 1. The van der Waals surface area contributed by atoms with Gasteiger partial charge in [-0.1, -0.05) is 172 Å². The van der Waals surface area contributed by atoms with E-state index in [1.807, 2.05) is 0 Å². The van der Waals surface area contributed by atoms with E-state index in [0.717, 1.165) is 51.4 Å². The number of aliphatic carboxylic acids is 1. The molecule has 0 saturated heterocycles. The first-order valence-electron chi connectivity index (χ1n) is 25.0. The van der Waals surface area contributed by atoms with Crippen molar-refractivity contribution in [3.8, 4) is 0 Å². The van der Waals surface area contributed by atoms with Crippen molar-refractivity contribution in [3.05, 3.63) is 36.5 Å². The van der Waals surface area contributed by atoms with Gasteiger partial charge in [-0.3, -0.25) is 9.59 Å². The van der Waals surface area contributed by atoms with Crippen LogP contribution in [0.3, 0.4) is 0 Å². The van der Waals surface area contributed by atoms with Crippen molar-refractivity contribution in [1.82, 2.24) is 0 Å². The van der Waals surface area contributed by atoms with Crippen LogP contribution in [0.5, 0.6) is 0 Å². The van der Waals surface area contributed by atoms with Crippen molar-refractivity contribution in [2.45, 2.75) is 238 Å². The predicted molar refractivity (Wildman–Crippen MR) is 250 cm³/mol. The molecule has 0 radical (unpaired) electrons. The summed E-state index contributed by atoms with van der Waals surface area (Å²) >= 11 is 0. The van der Waals surface area contributed by atoms with Crippen LogP contribution in [0, 0.1) is 0 Å². The molecule has 2 atom stereocenters. The summed E-state index contributed by atoms with van der Waals surface area (Å²) in [6, 6.07) is -0.727. The lowest BCUT2D eigenvalue weighted by Gasteiger charge is -2.34. The second kappa shape index (κ2) is 43.2. The minimum absolute atomic E-state index is 0.0376. The number of carbonyl (C=O) groups is 3. The van der Waals surface area contributed by atoms with Crippen LogP contribution in [0.2, 0.25) is 0 Å². The van der Waals surface area contributed by atoms with Crippen LogP contribution < -0.4 is 5.11 Å². The number of hydrogen-bond donors (Lipinski definition) is 0. The Balaban J connectivity index is 4.27. The maximum absolute atomic E-state index is 12.8. The summed E-state index contributed by atoms with van der Waals surface area (Å²) < 4.78 is 17.2. The van der Waals surface area contributed by atoms with Crippen molar-refractivity contribution >= 4 is 17.9 Å². The van der Waals surface area contributed by atoms with Crippen molar-refractivity contribution in [3.63, 3.8) is 0 Å². The number of hydrogen-bond acceptors (Lipinski definition) is 7. The zero-order valence-electron chi connectivity index (χ0n) is 39.9. The van der Waals surface area contributed by atoms with Gasteiger partial charge in [0.15, 0.2) is 6.10 Å². The zero-order chi connectivity index (χ0) is 44.2. The lowest BCUT2D eigenvalue weighted by molar-refractivity contribution is -0.889. The Morgan fingerprint density at radius 2 is 0.883 bits per heavy atom. The first kappa shape index (κ1) is 57.5. The number of allylic oxidation sites excluding steroid dienone is 6. The van der Waals surface area contributed by atoms with Crippen LogP contribution in [0.25, 0.3) is 0 Å². The van der Waals surface area contributed by atoms with Gasteiger partial charge in [-0.15, -0.1) is 0 Å². The number of unbranched alkanes of at least 4 members (excludes halogenated alkanes) is 25. The Morgan fingerprint density at radius 1 is 0.500 bits per heavy atom. The molecule has 0 aliphatic rings. The second-order valence-corrected chi connectivity index (χ2v) is 18.0. The Hall–Kier alpha value is -2.45. The monoisotopic (exact) mass is 846 g/mol. The van der Waals surface area contributed by atoms with Crippen molar-refractivity contribution < 1.29 is 38.2 Å². The predicted octanol–water partition coefficient (Wildman–Crippen LogP) is 12.9. The number of carboxylic acid groups (broad SMARTS) is 1. The summed E-state index contributed by atoms with van der Waals surface area (Å²) in [6.45, 7) is 4.65. The molecule has 0 saturated carbocycles. The molecule has 0 aromatic carbocycles. The SMILES string of the molecule is CCCCC/C=C/C/C=C/CCCCCCCCCC(=O)OC(COCCC(C(=O)[O-])[N+](C)(C)C)COC(=O)CCCCCCCCC/C=C/CCCCCCCCCC. The van der Waals surface area contributed by atoms with Crippen molar-refractivity contribution in [2.75, 3.05) is 41.0 Å². The van der Waals surface area contributed by atoms with Crippen molar-refractivity contribution in [2.24, 2.45) is 0 Å². The molecule has 0 aromatic rings. The molecular formula is C52H95NO7. The highest BCUT2D eigenvalue weighted by molar-refractivity contribution is 5.70. The van der Waals surface area contributed by atoms with Crippen LogP contribution in [0.4, 0.5) is 0 Å². The van der Waals surface area contributed by atoms with E-state index in [4.69, 9.17) is 14.2 Å². The van der Waals surface area contributed by atoms with Crippen molar-refractivity contribution in [1.29, 1.82) is 0 Å². The van der Waals surface area contributed by atoms with Gasteiger partial charge in [0, 0.05) is 19.3 Å². The molecule has 0 aliphatic carbocycles. The third kappa shape index (κ3) is 40.9. The molecule has 8 heteroatoms. The van der Waals surface area contributed by atoms with Gasteiger partial charge < -0.3 is 28.6 Å². The van der Waals surface area contributed by atoms with E-state index < -0.39 is 18.1 Å². The lowest BCUT2D eigenvalue weighted by Crippen LogP contribution is -2.55. The lowest BCUT2D eigenvalue weighted by atomic mass is 10.1. The second-order valence-electron chi connectivity index (χ2n) is 18.0. The molecule has 0 fully saturated rings. The van der Waals surface area contributed by atoms with Gasteiger partial charge in [-0.05, 0) is 70.6 Å². The van der Waals surface area contributed by atoms with Gasteiger partial charge in [0.1, 0.15) is 12.6 Å². The third-order valence-corrected chi connectivity index (χ3v) is 11.2. The fourth-order valence-electron chi connectivity index (χ4n) is 7.33. The summed E-state index contributed by atoms with van der Waals surface area (Å²) in [5.74, 6) is -1.74. The molecule has 0 N–H and O–H groups in total. The van der Waals surface area contributed by atoms with Crippen LogP contribution >= 0.6 is 0 Å². The fourth-order valence-corrected chi connectivity index (χ4v) is 7.33. The van der Waals surface area contributed by atoms with E-state index in [2.05, 4.69) is 50.3 Å². The highest BCUT2D eigenvalue weighted by atomic mass is 16.6. The third-order valence-electron chi connectivity index (χ3n) is 11.2. The number of likely N-dealkylation sites (N-methyl/N-ethyl adjacent to an activating group) is 1. The van der Waals surface area contributed by atoms with Gasteiger partial charge in [0.25, 0.3) is 0 Å². The maximum Gasteiger partial charge on any atom is 0.306 e. The molecule has 350 valence electrons. The van der Waals surface area contributed by atoms with Crippen LogP contribution in [0.15, 0.2) is 36.5 Å². The zero-order valence-corrected chi connectivity index (χ0v) is 39.9. The van der Waals surface area contributed by atoms with E-state index >= 15 is 0 Å². The average Bonchev–Trinajstić information content (AvgIpc) is 3.21. The van der Waals surface area contributed by atoms with Gasteiger partial charge in [0.2, 0.25) is 0 Å². The normalized spacial score (nSPS) is 13.2. The molecule has 0 aromatic heterocycles. The van der Waals surface area contributed by atoms with E-state index in [0.29, 0.717) is 12.8 Å². The van der Waals surface area contributed by atoms with Gasteiger partial charge in [0.05, 0.1) is 40.3 Å². The summed E-state index contributed by atoms with van der Waals surface area (Å²) in [4.78, 5) is 37.0. The standard InChI is InChI=1S/C52H95NO7/c1-6-8-10-12-14-16-18-20-22-24-25-27-28-30-32-34-36-38-40-42-50(54)59-47-48(46-58-45-44-49(52(56)57)53(3,4)5)60-51(55)43-41-39-37-35-33-31-29-26-23-21-19-17-15-13-11-9-7-2/h15,17,21,23-25,48-49H,6-14,16,18-20,22,26-47H2,1-5H3/b17-15+,23-21+,25-24+. The van der Waals surface area contributed by atoms with Crippen LogP contribution in [0.1, 0.15) is 226 Å². The Labute approximate surface area is 370 Å². The van der Waals surface area contributed by atoms with Gasteiger partial charge in [-0.25, -0.2) is 0 Å². The number of rotatable bonds is 45. The Bertz CT molecular complexity index is 1080. The van der Waals surface area contributed by atoms with Crippen LogP contribution in [-0.4, -0.2) is 75.5 Å². The summed E-state index contributed by atoms with van der Waals surface area (Å²) in [5.41, 5.74) is 0. The molecule has 8 nitrogen and oxygen atoms in total. The smallest absolute Gasteiger partial charge is 0.306 e. The first-order valence-corrected chi connectivity index (χ1v) is 25.0. The number of nitrogens with zero attached hydrogens (tertiary/aromatic N) is 1. The van der Waals surface area contributed by atoms with Gasteiger partial charge >= 0.3 is 11.9 Å². The summed E-state index contributed by atoms with van der Waals surface area (Å²) in [7, 11) is 5.41. The number of quaternary nitrogens is 1. The molecule has 2 unspecified atom stereocenters. The molecule has 0 rings (SSSR count). The first-order chi connectivity index (χ1) is 29.1. The quantitative estimate of drug-likeness (QED) is 0.0260. The topological polar surface area (TPSA) is 102 Å². The van der Waals surface area contributed by atoms with E-state index in [1.165, 1.54) is 141 Å². The largest absolute Gasteiger partial charge is 0.544 e. The number of carbonyl (C=O) groups excluding carboxylic acids is 3. The van der Waals surface area contributed by atoms with Gasteiger partial charge in [-0.2, -0.15) is 0 Å². The molecule has 0 heterocycles. The average molecular weight is 846 g/mol. The molecular weight excluding hydrogens is 751 g/mol. The summed E-state index contributed by atoms with van der Waals surface area (Å²) in [6.07, 6.45) is 50.2. The number of esters is 2. The molecule has 0 spiro atoms. The minimum Gasteiger partial charge on any atom is -0.544 e. The fraction of sp³-hybridized carbons (Fsp3) is 0.827. The van der Waals surface area contributed by atoms with E-state index in [9.17, 15) is 19.5 Å². The highest BCUT2D eigenvalue weighted by Crippen LogP contribution is 2.15. The molecule has 0 amide bonds. The van der Waals surface area contributed by atoms with E-state index in [-0.39, 0.29) is 42.7 Å². The summed E-state index contributed by atoms with van der Waals surface area (Å²) in [5, 5.41) is 11.7. The Kier molecular flexibility index (Phi) is 41.4. The Morgan fingerprint density at radius 3 is 1.33 bits per heavy atom. The molecule has 0 aliphatic heterocycles. The van der Waals surface area contributed by atoms with E-state index in [1.54, 1.807) is 21.1 Å². The molecule has 60 heavy (non-hydrogen) atoms.